The van der Waals surface area contributed by atoms with Crippen LogP contribution in [0.3, 0.4) is 0 Å². The molecule has 4 heterocycles. The van der Waals surface area contributed by atoms with Crippen LogP contribution in [0.4, 0.5) is 0 Å². The number of benzene rings is 7. The van der Waals surface area contributed by atoms with Crippen LogP contribution in [0.25, 0.3) is 104 Å². The Balaban J connectivity index is 1.18. The molecule has 0 aliphatic heterocycles. The summed E-state index contributed by atoms with van der Waals surface area (Å²) < 4.78 is 11.6. The van der Waals surface area contributed by atoms with Crippen LogP contribution in [0.1, 0.15) is 0 Å². The van der Waals surface area contributed by atoms with Crippen molar-refractivity contribution in [2.45, 2.75) is 0 Å². The molecule has 0 fully saturated rings. The Labute approximate surface area is 295 Å². The highest BCUT2D eigenvalue weighted by Crippen LogP contribution is 2.42. The van der Waals surface area contributed by atoms with Gasteiger partial charge in [0.2, 0.25) is 0 Å². The first-order valence-corrected chi connectivity index (χ1v) is 17.8. The summed E-state index contributed by atoms with van der Waals surface area (Å²) in [6.07, 6.45) is 0. The van der Waals surface area contributed by atoms with Crippen molar-refractivity contribution in [3.63, 3.8) is 0 Å². The van der Waals surface area contributed by atoms with Gasteiger partial charge in [-0.3, -0.25) is 0 Å². The standard InChI is InChI=1S/C45H26N4OS/c1-3-13-27(14-4-1)43-46-44(32-20-12-24-40-41(32)31-18-8-10-23-39(31)51-40)48-45(47-43)33-21-11-19-30-35-25-37-34(26-38(35)50-42(30)33)29-17-7-9-22-36(29)49(37)28-15-5-2-6-16-28/h1-26H. The molecular weight excluding hydrogens is 645 g/mol. The zero-order valence-corrected chi connectivity index (χ0v) is 27.9. The first-order valence-electron chi connectivity index (χ1n) is 16.9. The molecule has 0 bridgehead atoms. The molecule has 0 N–H and O–H groups in total. The fourth-order valence-corrected chi connectivity index (χ4v) is 8.72. The molecule has 0 unspecified atom stereocenters. The van der Waals surface area contributed by atoms with E-state index in [9.17, 15) is 0 Å². The number of hydrogen-bond acceptors (Lipinski definition) is 5. The van der Waals surface area contributed by atoms with E-state index in [1.807, 2.05) is 30.3 Å². The van der Waals surface area contributed by atoms with E-state index in [4.69, 9.17) is 19.4 Å². The fourth-order valence-electron chi connectivity index (χ4n) is 7.58. The van der Waals surface area contributed by atoms with Gasteiger partial charge in [-0.05, 0) is 48.5 Å². The van der Waals surface area contributed by atoms with Crippen molar-refractivity contribution < 1.29 is 4.42 Å². The number of nitrogens with zero attached hydrogens (tertiary/aromatic N) is 4. The second-order valence-corrected chi connectivity index (χ2v) is 13.9. The van der Waals surface area contributed by atoms with Crippen LogP contribution in [-0.4, -0.2) is 19.5 Å². The van der Waals surface area contributed by atoms with Crippen molar-refractivity contribution in [2.75, 3.05) is 0 Å². The van der Waals surface area contributed by atoms with Gasteiger partial charge in [0.15, 0.2) is 17.5 Å². The zero-order valence-electron chi connectivity index (χ0n) is 27.1. The van der Waals surface area contributed by atoms with Gasteiger partial charge in [0.05, 0.1) is 16.6 Å². The van der Waals surface area contributed by atoms with E-state index in [1.165, 1.54) is 20.2 Å². The van der Waals surface area contributed by atoms with Crippen LogP contribution in [0.2, 0.25) is 0 Å². The fraction of sp³-hybridized carbons (Fsp3) is 0. The minimum Gasteiger partial charge on any atom is -0.455 e. The second-order valence-electron chi connectivity index (χ2n) is 12.8. The third-order valence-electron chi connectivity index (χ3n) is 9.86. The van der Waals surface area contributed by atoms with E-state index >= 15 is 0 Å². The molecule has 0 saturated carbocycles. The van der Waals surface area contributed by atoms with E-state index in [0.717, 1.165) is 66.1 Å². The molecule has 7 aromatic carbocycles. The number of fused-ring (bicyclic) bond motifs is 9. The molecule has 11 aromatic rings. The van der Waals surface area contributed by atoms with Crippen LogP contribution < -0.4 is 0 Å². The summed E-state index contributed by atoms with van der Waals surface area (Å²) in [5.41, 5.74) is 7.74. The molecule has 4 aromatic heterocycles. The summed E-state index contributed by atoms with van der Waals surface area (Å²) in [4.78, 5) is 15.4. The number of thiophene rings is 1. The van der Waals surface area contributed by atoms with Crippen molar-refractivity contribution >= 4 is 75.3 Å². The van der Waals surface area contributed by atoms with Crippen LogP contribution in [0.5, 0.6) is 0 Å². The van der Waals surface area contributed by atoms with Gasteiger partial charge < -0.3 is 8.98 Å². The van der Waals surface area contributed by atoms with Crippen molar-refractivity contribution in [1.82, 2.24) is 19.5 Å². The van der Waals surface area contributed by atoms with Gasteiger partial charge in [0, 0.05) is 58.5 Å². The van der Waals surface area contributed by atoms with Gasteiger partial charge in [0.1, 0.15) is 11.2 Å². The van der Waals surface area contributed by atoms with Crippen molar-refractivity contribution in [2.24, 2.45) is 0 Å². The largest absolute Gasteiger partial charge is 0.455 e. The third-order valence-corrected chi connectivity index (χ3v) is 11.0. The highest BCUT2D eigenvalue weighted by atomic mass is 32.1. The lowest BCUT2D eigenvalue weighted by molar-refractivity contribution is 0.670. The predicted octanol–water partition coefficient (Wildman–Crippen LogP) is 12.2. The summed E-state index contributed by atoms with van der Waals surface area (Å²) in [6.45, 7) is 0. The molecule has 0 atom stereocenters. The number of para-hydroxylation sites is 3. The molecule has 0 saturated heterocycles. The molecule has 51 heavy (non-hydrogen) atoms. The van der Waals surface area contributed by atoms with Crippen LogP contribution >= 0.6 is 11.3 Å². The van der Waals surface area contributed by atoms with Gasteiger partial charge in [-0.1, -0.05) is 109 Å². The first kappa shape index (κ1) is 28.2. The van der Waals surface area contributed by atoms with Crippen molar-refractivity contribution in [1.29, 1.82) is 0 Å². The maximum absolute atomic E-state index is 6.81. The third kappa shape index (κ3) is 4.30. The molecule has 0 amide bonds. The van der Waals surface area contributed by atoms with Gasteiger partial charge in [-0.15, -0.1) is 11.3 Å². The van der Waals surface area contributed by atoms with Crippen molar-refractivity contribution in [3.05, 3.63) is 158 Å². The van der Waals surface area contributed by atoms with Crippen LogP contribution in [0, 0.1) is 0 Å². The van der Waals surface area contributed by atoms with Gasteiger partial charge in [-0.25, -0.2) is 15.0 Å². The molecule has 0 aliphatic rings. The Morgan fingerprint density at radius 1 is 0.451 bits per heavy atom. The van der Waals surface area contributed by atoms with Gasteiger partial charge >= 0.3 is 0 Å². The van der Waals surface area contributed by atoms with E-state index in [0.29, 0.717) is 17.5 Å². The quantitative estimate of drug-likeness (QED) is 0.187. The lowest BCUT2D eigenvalue weighted by atomic mass is 10.0. The monoisotopic (exact) mass is 670 g/mol. The van der Waals surface area contributed by atoms with E-state index in [2.05, 4.69) is 132 Å². The number of furan rings is 1. The Bertz CT molecular complexity index is 3140. The minimum atomic E-state index is 0.573. The minimum absolute atomic E-state index is 0.573. The zero-order chi connectivity index (χ0) is 33.5. The highest BCUT2D eigenvalue weighted by Gasteiger charge is 2.21. The average molecular weight is 671 g/mol. The topological polar surface area (TPSA) is 56.7 Å². The molecule has 0 aliphatic carbocycles. The Hall–Kier alpha value is -6.63. The highest BCUT2D eigenvalue weighted by molar-refractivity contribution is 7.25. The number of rotatable bonds is 4. The van der Waals surface area contributed by atoms with Crippen LogP contribution in [0.15, 0.2) is 162 Å². The smallest absolute Gasteiger partial charge is 0.167 e. The number of aromatic nitrogens is 4. The molecular formula is C45H26N4OS. The molecule has 11 rings (SSSR count). The van der Waals surface area contributed by atoms with Gasteiger partial charge in [0.25, 0.3) is 0 Å². The maximum Gasteiger partial charge on any atom is 0.167 e. The average Bonchev–Trinajstić information content (AvgIpc) is 3.86. The van der Waals surface area contributed by atoms with E-state index in [-0.39, 0.29) is 0 Å². The Morgan fingerprint density at radius 2 is 1.10 bits per heavy atom. The summed E-state index contributed by atoms with van der Waals surface area (Å²) >= 11 is 1.79. The lowest BCUT2D eigenvalue weighted by Gasteiger charge is -2.10. The normalized spacial score (nSPS) is 11.9. The molecule has 5 nitrogen and oxygen atoms in total. The van der Waals surface area contributed by atoms with Gasteiger partial charge in [-0.2, -0.15) is 0 Å². The SMILES string of the molecule is c1ccc(-c2nc(-c3cccc4c3oc3cc5c6ccccc6n(-c6ccccc6)c5cc34)nc(-c3cccc4sc5ccccc5c34)n2)cc1. The maximum atomic E-state index is 6.81. The van der Waals surface area contributed by atoms with Crippen LogP contribution in [-0.2, 0) is 0 Å². The Morgan fingerprint density at radius 3 is 1.96 bits per heavy atom. The summed E-state index contributed by atoms with van der Waals surface area (Å²) in [6, 6.07) is 54.9. The predicted molar refractivity (Wildman–Crippen MR) is 211 cm³/mol. The first-order chi connectivity index (χ1) is 25.3. The molecule has 238 valence electrons. The molecule has 0 spiro atoms. The summed E-state index contributed by atoms with van der Waals surface area (Å²) in [5, 5.41) is 6.76. The summed E-state index contributed by atoms with van der Waals surface area (Å²) in [5.74, 6) is 1.83. The Kier molecular flexibility index (Phi) is 6.05. The summed E-state index contributed by atoms with van der Waals surface area (Å²) in [7, 11) is 0. The second kappa shape index (κ2) is 10.9. The van der Waals surface area contributed by atoms with Crippen molar-refractivity contribution in [3.8, 4) is 39.9 Å². The lowest BCUT2D eigenvalue weighted by Crippen LogP contribution is -2.00. The van der Waals surface area contributed by atoms with E-state index < -0.39 is 0 Å². The number of hydrogen-bond donors (Lipinski definition) is 0. The molecule has 6 heteroatoms. The molecule has 0 radical (unpaired) electrons. The van der Waals surface area contributed by atoms with E-state index in [1.54, 1.807) is 11.3 Å².